The fourth-order valence-electron chi connectivity index (χ4n) is 3.04. The first-order valence-electron chi connectivity index (χ1n) is 9.67. The standard InChI is InChI=1S/C23H23ClN2O5S/c1-30-18-10-6-9-17(14-18)25-23(27)21(13-16-7-4-3-5-8-16)26-32(28,29)19-11-12-22(31-2)20(24)15-19/h3-12,14-15,21,26H,13H2,1-2H3,(H,25,27)/t21-/m1/s1. The highest BCUT2D eigenvalue weighted by Gasteiger charge is 2.27. The van der Waals surface area contributed by atoms with E-state index < -0.39 is 22.0 Å². The van der Waals surface area contributed by atoms with Crippen molar-refractivity contribution >= 4 is 33.2 Å². The molecule has 2 N–H and O–H groups in total. The van der Waals surface area contributed by atoms with Crippen LogP contribution in [0.3, 0.4) is 0 Å². The van der Waals surface area contributed by atoms with Crippen molar-refractivity contribution in [1.29, 1.82) is 0 Å². The molecule has 0 radical (unpaired) electrons. The maximum Gasteiger partial charge on any atom is 0.242 e. The van der Waals surface area contributed by atoms with Crippen molar-refractivity contribution < 1.29 is 22.7 Å². The van der Waals surface area contributed by atoms with Crippen LogP contribution in [-0.2, 0) is 21.2 Å². The molecule has 168 valence electrons. The van der Waals surface area contributed by atoms with Crippen LogP contribution in [0.2, 0.25) is 5.02 Å². The van der Waals surface area contributed by atoms with Gasteiger partial charge >= 0.3 is 0 Å². The van der Waals surface area contributed by atoms with E-state index in [4.69, 9.17) is 21.1 Å². The zero-order valence-corrected chi connectivity index (χ0v) is 19.1. The highest BCUT2D eigenvalue weighted by atomic mass is 35.5. The Kier molecular flexibility index (Phi) is 7.74. The van der Waals surface area contributed by atoms with Gasteiger partial charge < -0.3 is 14.8 Å². The van der Waals surface area contributed by atoms with Gasteiger partial charge in [-0.25, -0.2) is 8.42 Å². The second-order valence-electron chi connectivity index (χ2n) is 6.88. The molecule has 0 heterocycles. The van der Waals surface area contributed by atoms with Gasteiger partial charge in [0.25, 0.3) is 0 Å². The maximum atomic E-state index is 13.1. The molecule has 0 aromatic heterocycles. The summed E-state index contributed by atoms with van der Waals surface area (Å²) in [5.41, 5.74) is 1.29. The Morgan fingerprint density at radius 2 is 1.72 bits per heavy atom. The van der Waals surface area contributed by atoms with E-state index in [9.17, 15) is 13.2 Å². The first-order chi connectivity index (χ1) is 15.3. The van der Waals surface area contributed by atoms with E-state index in [0.29, 0.717) is 17.2 Å². The number of benzene rings is 3. The highest BCUT2D eigenvalue weighted by molar-refractivity contribution is 7.89. The number of rotatable bonds is 9. The summed E-state index contributed by atoms with van der Waals surface area (Å²) < 4.78 is 38.8. The summed E-state index contributed by atoms with van der Waals surface area (Å²) in [5.74, 6) is 0.406. The number of anilines is 1. The van der Waals surface area contributed by atoms with Gasteiger partial charge in [-0.15, -0.1) is 0 Å². The number of carbonyl (C=O) groups is 1. The van der Waals surface area contributed by atoms with Gasteiger partial charge in [0.05, 0.1) is 24.1 Å². The number of ether oxygens (including phenoxy) is 2. The molecule has 3 aromatic carbocycles. The van der Waals surface area contributed by atoms with Crippen molar-refractivity contribution in [2.45, 2.75) is 17.4 Å². The lowest BCUT2D eigenvalue weighted by Gasteiger charge is -2.19. The lowest BCUT2D eigenvalue weighted by atomic mass is 10.1. The van der Waals surface area contributed by atoms with E-state index in [1.807, 2.05) is 30.3 Å². The molecule has 1 atom stereocenters. The third kappa shape index (κ3) is 6.00. The Bertz CT molecular complexity index is 1190. The summed E-state index contributed by atoms with van der Waals surface area (Å²) >= 11 is 6.09. The van der Waals surface area contributed by atoms with Crippen LogP contribution in [0.1, 0.15) is 5.56 Å². The second kappa shape index (κ2) is 10.5. The van der Waals surface area contributed by atoms with Crippen molar-refractivity contribution in [2.24, 2.45) is 0 Å². The average molecular weight is 475 g/mol. The minimum absolute atomic E-state index is 0.0736. The van der Waals surface area contributed by atoms with Crippen molar-refractivity contribution in [3.8, 4) is 11.5 Å². The number of halogens is 1. The van der Waals surface area contributed by atoms with Gasteiger partial charge in [-0.2, -0.15) is 4.72 Å². The van der Waals surface area contributed by atoms with E-state index in [0.717, 1.165) is 5.56 Å². The van der Waals surface area contributed by atoms with Crippen LogP contribution in [-0.4, -0.2) is 34.6 Å². The number of nitrogens with one attached hydrogen (secondary N) is 2. The summed E-state index contributed by atoms with van der Waals surface area (Å²) in [7, 11) is -1.09. The fraction of sp³-hybridized carbons (Fsp3) is 0.174. The molecule has 0 saturated carbocycles. The number of amides is 1. The second-order valence-corrected chi connectivity index (χ2v) is 9.00. The lowest BCUT2D eigenvalue weighted by molar-refractivity contribution is -0.117. The smallest absolute Gasteiger partial charge is 0.242 e. The van der Waals surface area contributed by atoms with Gasteiger partial charge in [-0.1, -0.05) is 48.0 Å². The molecule has 0 unspecified atom stereocenters. The molecule has 3 rings (SSSR count). The van der Waals surface area contributed by atoms with E-state index in [2.05, 4.69) is 10.0 Å². The maximum absolute atomic E-state index is 13.1. The monoisotopic (exact) mass is 474 g/mol. The molecule has 0 aliphatic rings. The lowest BCUT2D eigenvalue weighted by Crippen LogP contribution is -2.45. The first kappa shape index (κ1) is 23.6. The number of carbonyl (C=O) groups excluding carboxylic acids is 1. The zero-order valence-electron chi connectivity index (χ0n) is 17.5. The Labute approximate surface area is 192 Å². The van der Waals surface area contributed by atoms with E-state index in [1.165, 1.54) is 32.4 Å². The first-order valence-corrected chi connectivity index (χ1v) is 11.5. The molecule has 3 aromatic rings. The van der Waals surface area contributed by atoms with Crippen LogP contribution in [0.5, 0.6) is 11.5 Å². The zero-order chi connectivity index (χ0) is 23.1. The number of sulfonamides is 1. The van der Waals surface area contributed by atoms with Crippen LogP contribution in [0.25, 0.3) is 0 Å². The fourth-order valence-corrected chi connectivity index (χ4v) is 4.58. The predicted octanol–water partition coefficient (Wildman–Crippen LogP) is 3.89. The summed E-state index contributed by atoms with van der Waals surface area (Å²) in [6.07, 6.45) is 0.153. The Hall–Kier alpha value is -3.07. The van der Waals surface area contributed by atoms with Crippen LogP contribution in [0.4, 0.5) is 5.69 Å². The molecule has 7 nitrogen and oxygen atoms in total. The molecular weight excluding hydrogens is 452 g/mol. The Morgan fingerprint density at radius 3 is 2.38 bits per heavy atom. The van der Waals surface area contributed by atoms with Crippen molar-refractivity contribution in [3.05, 3.63) is 83.4 Å². The minimum Gasteiger partial charge on any atom is -0.497 e. The average Bonchev–Trinajstić information content (AvgIpc) is 2.79. The minimum atomic E-state index is -4.05. The van der Waals surface area contributed by atoms with Crippen LogP contribution < -0.4 is 19.5 Å². The third-order valence-corrected chi connectivity index (χ3v) is 6.43. The van der Waals surface area contributed by atoms with Gasteiger partial charge in [0.1, 0.15) is 17.5 Å². The highest BCUT2D eigenvalue weighted by Crippen LogP contribution is 2.27. The van der Waals surface area contributed by atoms with Gasteiger partial charge in [0.2, 0.25) is 15.9 Å². The van der Waals surface area contributed by atoms with Gasteiger partial charge in [0.15, 0.2) is 0 Å². The van der Waals surface area contributed by atoms with Crippen LogP contribution in [0.15, 0.2) is 77.7 Å². The van der Waals surface area contributed by atoms with E-state index in [1.54, 1.807) is 24.3 Å². The Morgan fingerprint density at radius 1 is 0.969 bits per heavy atom. The summed E-state index contributed by atoms with van der Waals surface area (Å²) in [5, 5.41) is 2.90. The van der Waals surface area contributed by atoms with Gasteiger partial charge in [0, 0.05) is 11.8 Å². The predicted molar refractivity (Wildman–Crippen MR) is 124 cm³/mol. The quantitative estimate of drug-likeness (QED) is 0.490. The number of hydrogen-bond acceptors (Lipinski definition) is 5. The number of hydrogen-bond donors (Lipinski definition) is 2. The molecule has 0 saturated heterocycles. The molecule has 0 aliphatic carbocycles. The topological polar surface area (TPSA) is 93.7 Å². The van der Waals surface area contributed by atoms with E-state index in [-0.39, 0.29) is 16.3 Å². The molecule has 32 heavy (non-hydrogen) atoms. The summed E-state index contributed by atoms with van der Waals surface area (Å²) in [6, 6.07) is 19.0. The summed E-state index contributed by atoms with van der Waals surface area (Å²) in [6.45, 7) is 0. The van der Waals surface area contributed by atoms with Crippen LogP contribution >= 0.6 is 11.6 Å². The van der Waals surface area contributed by atoms with Gasteiger partial charge in [-0.05, 0) is 42.3 Å². The van der Waals surface area contributed by atoms with Crippen molar-refractivity contribution in [3.63, 3.8) is 0 Å². The molecule has 0 spiro atoms. The van der Waals surface area contributed by atoms with E-state index >= 15 is 0 Å². The van der Waals surface area contributed by atoms with Crippen molar-refractivity contribution in [2.75, 3.05) is 19.5 Å². The molecule has 9 heteroatoms. The van der Waals surface area contributed by atoms with Gasteiger partial charge in [-0.3, -0.25) is 4.79 Å². The molecular formula is C23H23ClN2O5S. The van der Waals surface area contributed by atoms with Crippen molar-refractivity contribution in [1.82, 2.24) is 4.72 Å². The molecule has 0 fully saturated rings. The molecule has 1 amide bonds. The molecule has 0 aliphatic heterocycles. The largest absolute Gasteiger partial charge is 0.497 e. The third-order valence-electron chi connectivity index (χ3n) is 4.67. The SMILES string of the molecule is COc1cccc(NC(=O)[C@@H](Cc2ccccc2)NS(=O)(=O)c2ccc(OC)c(Cl)c2)c1. The van der Waals surface area contributed by atoms with Crippen LogP contribution in [0, 0.1) is 0 Å². The Balaban J connectivity index is 1.88. The normalized spacial score (nSPS) is 12.1. The summed E-state index contributed by atoms with van der Waals surface area (Å²) in [4.78, 5) is 13.0. The number of methoxy groups -OCH3 is 2. The molecule has 0 bridgehead atoms.